The predicted octanol–water partition coefficient (Wildman–Crippen LogP) is 1.81. The number of rotatable bonds is 7. The van der Waals surface area contributed by atoms with Gasteiger partial charge in [0.25, 0.3) is 0 Å². The SMILES string of the molecule is CCOc1ccc(-n2nnnc2CNCC(C)C)cc1. The lowest BCUT2D eigenvalue weighted by Gasteiger charge is -2.08. The highest BCUT2D eigenvalue weighted by Gasteiger charge is 2.08. The quantitative estimate of drug-likeness (QED) is 0.835. The Morgan fingerprint density at radius 2 is 2.00 bits per heavy atom. The van der Waals surface area contributed by atoms with Crippen molar-refractivity contribution in [3.8, 4) is 11.4 Å². The monoisotopic (exact) mass is 275 g/mol. The molecule has 6 heteroatoms. The fourth-order valence-electron chi connectivity index (χ4n) is 1.84. The smallest absolute Gasteiger partial charge is 0.170 e. The number of hydrogen-bond acceptors (Lipinski definition) is 5. The molecule has 0 unspecified atom stereocenters. The Hall–Kier alpha value is -1.95. The lowest BCUT2D eigenvalue weighted by Crippen LogP contribution is -2.21. The Labute approximate surface area is 119 Å². The Kier molecular flexibility index (Phi) is 5.06. The summed E-state index contributed by atoms with van der Waals surface area (Å²) in [6, 6.07) is 7.75. The van der Waals surface area contributed by atoms with Gasteiger partial charge in [-0.1, -0.05) is 13.8 Å². The van der Waals surface area contributed by atoms with Crippen LogP contribution in [-0.2, 0) is 6.54 Å². The lowest BCUT2D eigenvalue weighted by atomic mass is 10.2. The van der Waals surface area contributed by atoms with E-state index in [4.69, 9.17) is 4.74 Å². The van der Waals surface area contributed by atoms with Crippen molar-refractivity contribution in [2.75, 3.05) is 13.2 Å². The molecule has 0 amide bonds. The van der Waals surface area contributed by atoms with Crippen LogP contribution >= 0.6 is 0 Å². The first-order chi connectivity index (χ1) is 9.70. The van der Waals surface area contributed by atoms with Gasteiger partial charge in [-0.15, -0.1) is 5.10 Å². The third-order valence-corrected chi connectivity index (χ3v) is 2.76. The molecule has 0 aliphatic rings. The Balaban J connectivity index is 2.06. The molecule has 0 saturated carbocycles. The van der Waals surface area contributed by atoms with Gasteiger partial charge >= 0.3 is 0 Å². The van der Waals surface area contributed by atoms with E-state index < -0.39 is 0 Å². The number of nitrogens with zero attached hydrogens (tertiary/aromatic N) is 4. The molecular weight excluding hydrogens is 254 g/mol. The minimum absolute atomic E-state index is 0.602. The van der Waals surface area contributed by atoms with Crippen LogP contribution < -0.4 is 10.1 Å². The maximum absolute atomic E-state index is 5.43. The second kappa shape index (κ2) is 7.00. The fourth-order valence-corrected chi connectivity index (χ4v) is 1.84. The summed E-state index contributed by atoms with van der Waals surface area (Å²) in [6.07, 6.45) is 0. The van der Waals surface area contributed by atoms with Crippen LogP contribution in [-0.4, -0.2) is 33.4 Å². The summed E-state index contributed by atoms with van der Waals surface area (Å²) in [7, 11) is 0. The summed E-state index contributed by atoms with van der Waals surface area (Å²) < 4.78 is 7.17. The molecule has 0 aliphatic carbocycles. The first-order valence-electron chi connectivity index (χ1n) is 6.92. The maximum atomic E-state index is 5.43. The van der Waals surface area contributed by atoms with Crippen LogP contribution in [0.25, 0.3) is 5.69 Å². The van der Waals surface area contributed by atoms with Gasteiger partial charge in [0.05, 0.1) is 18.8 Å². The Morgan fingerprint density at radius 3 is 2.65 bits per heavy atom. The fraction of sp³-hybridized carbons (Fsp3) is 0.500. The van der Waals surface area contributed by atoms with E-state index in [0.29, 0.717) is 19.1 Å². The average molecular weight is 275 g/mol. The van der Waals surface area contributed by atoms with Gasteiger partial charge in [-0.05, 0) is 54.1 Å². The number of aromatic nitrogens is 4. The Bertz CT molecular complexity index is 521. The molecule has 0 fully saturated rings. The van der Waals surface area contributed by atoms with Gasteiger partial charge in [0.2, 0.25) is 0 Å². The minimum atomic E-state index is 0.602. The minimum Gasteiger partial charge on any atom is -0.494 e. The third-order valence-electron chi connectivity index (χ3n) is 2.76. The van der Waals surface area contributed by atoms with E-state index >= 15 is 0 Å². The van der Waals surface area contributed by atoms with E-state index in [1.54, 1.807) is 4.68 Å². The van der Waals surface area contributed by atoms with Gasteiger partial charge in [-0.3, -0.25) is 0 Å². The highest BCUT2D eigenvalue weighted by Crippen LogP contribution is 2.15. The second-order valence-corrected chi connectivity index (χ2v) is 4.96. The predicted molar refractivity (Wildman–Crippen MR) is 76.9 cm³/mol. The molecule has 108 valence electrons. The van der Waals surface area contributed by atoms with Crippen LogP contribution in [0, 0.1) is 5.92 Å². The number of nitrogens with one attached hydrogen (secondary N) is 1. The standard InChI is InChI=1S/C14H21N5O/c1-4-20-13-7-5-12(6-8-13)19-14(16-17-18-19)10-15-9-11(2)3/h5-8,11,15H,4,9-10H2,1-3H3. The molecule has 0 bridgehead atoms. The molecule has 1 N–H and O–H groups in total. The van der Waals surface area contributed by atoms with Gasteiger partial charge in [0.1, 0.15) is 5.75 Å². The highest BCUT2D eigenvalue weighted by atomic mass is 16.5. The van der Waals surface area contributed by atoms with E-state index in [2.05, 4.69) is 34.7 Å². The summed E-state index contributed by atoms with van der Waals surface area (Å²) in [5.41, 5.74) is 0.930. The topological polar surface area (TPSA) is 64.9 Å². The van der Waals surface area contributed by atoms with Crippen molar-refractivity contribution >= 4 is 0 Å². The molecule has 1 heterocycles. The maximum Gasteiger partial charge on any atom is 0.170 e. The summed E-state index contributed by atoms with van der Waals surface area (Å²) in [6.45, 7) is 8.56. The molecule has 0 radical (unpaired) electrons. The first-order valence-corrected chi connectivity index (χ1v) is 6.92. The van der Waals surface area contributed by atoms with Gasteiger partial charge < -0.3 is 10.1 Å². The van der Waals surface area contributed by atoms with Crippen molar-refractivity contribution in [2.45, 2.75) is 27.3 Å². The van der Waals surface area contributed by atoms with Gasteiger partial charge in [-0.25, -0.2) is 0 Å². The van der Waals surface area contributed by atoms with E-state index in [1.165, 1.54) is 0 Å². The van der Waals surface area contributed by atoms with Crippen LogP contribution in [0.15, 0.2) is 24.3 Å². The van der Waals surface area contributed by atoms with Crippen LogP contribution in [0.4, 0.5) is 0 Å². The van der Waals surface area contributed by atoms with E-state index in [0.717, 1.165) is 23.8 Å². The summed E-state index contributed by atoms with van der Waals surface area (Å²) in [4.78, 5) is 0. The number of ether oxygens (including phenoxy) is 1. The van der Waals surface area contributed by atoms with Crippen LogP contribution in [0.1, 0.15) is 26.6 Å². The van der Waals surface area contributed by atoms with E-state index in [1.807, 2.05) is 31.2 Å². The highest BCUT2D eigenvalue weighted by molar-refractivity contribution is 5.37. The molecule has 1 aromatic heterocycles. The summed E-state index contributed by atoms with van der Waals surface area (Å²) >= 11 is 0. The zero-order valence-electron chi connectivity index (χ0n) is 12.2. The van der Waals surface area contributed by atoms with Crippen molar-refractivity contribution in [2.24, 2.45) is 5.92 Å². The van der Waals surface area contributed by atoms with Crippen molar-refractivity contribution in [1.82, 2.24) is 25.5 Å². The molecule has 6 nitrogen and oxygen atoms in total. The molecule has 2 rings (SSSR count). The molecular formula is C14H21N5O. The average Bonchev–Trinajstić information content (AvgIpc) is 2.88. The second-order valence-electron chi connectivity index (χ2n) is 4.96. The number of hydrogen-bond donors (Lipinski definition) is 1. The summed E-state index contributed by atoms with van der Waals surface area (Å²) in [5.74, 6) is 2.25. The van der Waals surface area contributed by atoms with E-state index in [9.17, 15) is 0 Å². The molecule has 2 aromatic rings. The molecule has 1 aromatic carbocycles. The van der Waals surface area contributed by atoms with Crippen molar-refractivity contribution in [3.63, 3.8) is 0 Å². The van der Waals surface area contributed by atoms with Gasteiger partial charge in [-0.2, -0.15) is 4.68 Å². The largest absolute Gasteiger partial charge is 0.494 e. The Morgan fingerprint density at radius 1 is 1.25 bits per heavy atom. The van der Waals surface area contributed by atoms with Crippen LogP contribution in [0.3, 0.4) is 0 Å². The zero-order valence-corrected chi connectivity index (χ0v) is 12.2. The van der Waals surface area contributed by atoms with E-state index in [-0.39, 0.29) is 0 Å². The van der Waals surface area contributed by atoms with Crippen LogP contribution in [0.5, 0.6) is 5.75 Å². The normalized spacial score (nSPS) is 11.0. The van der Waals surface area contributed by atoms with Crippen molar-refractivity contribution < 1.29 is 4.74 Å². The molecule has 0 spiro atoms. The van der Waals surface area contributed by atoms with Gasteiger partial charge in [0, 0.05) is 0 Å². The van der Waals surface area contributed by atoms with Crippen molar-refractivity contribution in [3.05, 3.63) is 30.1 Å². The van der Waals surface area contributed by atoms with Crippen molar-refractivity contribution in [1.29, 1.82) is 0 Å². The zero-order chi connectivity index (χ0) is 14.4. The number of benzene rings is 1. The lowest BCUT2D eigenvalue weighted by molar-refractivity contribution is 0.340. The van der Waals surface area contributed by atoms with Gasteiger partial charge in [0.15, 0.2) is 5.82 Å². The van der Waals surface area contributed by atoms with Crippen LogP contribution in [0.2, 0.25) is 0 Å². The molecule has 0 atom stereocenters. The molecule has 20 heavy (non-hydrogen) atoms. The number of tetrazole rings is 1. The summed E-state index contributed by atoms with van der Waals surface area (Å²) in [5, 5.41) is 15.2. The first kappa shape index (κ1) is 14.5. The molecule has 0 saturated heterocycles. The molecule has 0 aliphatic heterocycles. The third kappa shape index (κ3) is 3.77.